The summed E-state index contributed by atoms with van der Waals surface area (Å²) < 4.78 is 5.33. The lowest BCUT2D eigenvalue weighted by atomic mass is 10.2. The van der Waals surface area contributed by atoms with Gasteiger partial charge in [-0.3, -0.25) is 10.2 Å². The Morgan fingerprint density at radius 1 is 1.33 bits per heavy atom. The second-order valence-electron chi connectivity index (χ2n) is 7.04. The quantitative estimate of drug-likeness (QED) is 0.356. The minimum atomic E-state index is 0.0161. The number of nitrogens with zero attached hydrogens (tertiary/aromatic N) is 3. The molecule has 2 aliphatic heterocycles. The number of hydrogen-bond donors (Lipinski definition) is 4. The van der Waals surface area contributed by atoms with Crippen molar-refractivity contribution in [2.45, 2.75) is 31.7 Å². The molecule has 0 bridgehead atoms. The standard InChI is InChI=1S/C18H33N7O2/c1-19-16-6-7-20-18(24(16)2)23-14-12-15(17(26-3)21-13-14)27-22-8-11-25-9-4-5-10-25/h12-13,16,18-20,22-23H,4-11H2,1-3H3. The zero-order valence-electron chi connectivity index (χ0n) is 16.6. The van der Waals surface area contributed by atoms with Gasteiger partial charge in [0, 0.05) is 25.7 Å². The normalized spacial score (nSPS) is 24.1. The highest BCUT2D eigenvalue weighted by Gasteiger charge is 2.26. The maximum Gasteiger partial charge on any atom is 0.259 e. The van der Waals surface area contributed by atoms with Gasteiger partial charge in [0.15, 0.2) is 0 Å². The summed E-state index contributed by atoms with van der Waals surface area (Å²) in [7, 11) is 5.66. The van der Waals surface area contributed by atoms with Gasteiger partial charge in [-0.05, 0) is 46.4 Å². The van der Waals surface area contributed by atoms with Crippen molar-refractivity contribution in [2.24, 2.45) is 0 Å². The molecule has 27 heavy (non-hydrogen) atoms. The Bertz CT molecular complexity index is 583. The van der Waals surface area contributed by atoms with Crippen molar-refractivity contribution in [1.29, 1.82) is 0 Å². The Hall–Kier alpha value is -1.65. The molecular formula is C18H33N7O2. The van der Waals surface area contributed by atoms with Gasteiger partial charge in [0.2, 0.25) is 5.75 Å². The number of hydrogen-bond acceptors (Lipinski definition) is 9. The molecule has 0 radical (unpaired) electrons. The van der Waals surface area contributed by atoms with Gasteiger partial charge in [-0.15, -0.1) is 0 Å². The molecule has 1 aromatic rings. The summed E-state index contributed by atoms with van der Waals surface area (Å²) in [5, 5.41) is 10.3. The molecule has 9 nitrogen and oxygen atoms in total. The predicted molar refractivity (Wildman–Crippen MR) is 106 cm³/mol. The van der Waals surface area contributed by atoms with Crippen LogP contribution in [0.2, 0.25) is 0 Å². The van der Waals surface area contributed by atoms with Crippen LogP contribution in [-0.2, 0) is 0 Å². The molecule has 1 aromatic heterocycles. The number of aromatic nitrogens is 1. The van der Waals surface area contributed by atoms with E-state index in [0.717, 1.165) is 31.7 Å². The van der Waals surface area contributed by atoms with Crippen molar-refractivity contribution in [3.05, 3.63) is 12.3 Å². The number of methoxy groups -OCH3 is 1. The summed E-state index contributed by atoms with van der Waals surface area (Å²) in [6.45, 7) is 5.05. The van der Waals surface area contributed by atoms with Gasteiger partial charge in [0.25, 0.3) is 5.88 Å². The average Bonchev–Trinajstić information content (AvgIpc) is 3.20. The zero-order valence-corrected chi connectivity index (χ0v) is 16.6. The first-order chi connectivity index (χ1) is 13.2. The van der Waals surface area contributed by atoms with Gasteiger partial charge in [-0.25, -0.2) is 4.98 Å². The van der Waals surface area contributed by atoms with Crippen LogP contribution in [0, 0.1) is 0 Å². The first kappa shape index (κ1) is 20.1. The molecule has 3 rings (SSSR count). The summed E-state index contributed by atoms with van der Waals surface area (Å²) in [4.78, 5) is 14.8. The lowest BCUT2D eigenvalue weighted by Gasteiger charge is -2.40. The summed E-state index contributed by atoms with van der Waals surface area (Å²) in [6, 6.07) is 1.91. The third-order valence-electron chi connectivity index (χ3n) is 5.21. The van der Waals surface area contributed by atoms with Crippen molar-refractivity contribution >= 4 is 5.69 Å². The van der Waals surface area contributed by atoms with Crippen LogP contribution in [0.25, 0.3) is 0 Å². The maximum absolute atomic E-state index is 5.74. The molecule has 2 fully saturated rings. The number of anilines is 1. The molecule has 0 amide bonds. The highest BCUT2D eigenvalue weighted by molar-refractivity contribution is 5.50. The highest BCUT2D eigenvalue weighted by atomic mass is 16.7. The van der Waals surface area contributed by atoms with E-state index in [-0.39, 0.29) is 6.29 Å². The van der Waals surface area contributed by atoms with Crippen LogP contribution >= 0.6 is 0 Å². The third-order valence-corrected chi connectivity index (χ3v) is 5.21. The minimum Gasteiger partial charge on any atom is -0.478 e. The van der Waals surface area contributed by atoms with Gasteiger partial charge >= 0.3 is 0 Å². The van der Waals surface area contributed by atoms with Gasteiger partial charge < -0.3 is 25.1 Å². The molecule has 4 N–H and O–H groups in total. The van der Waals surface area contributed by atoms with Crippen LogP contribution in [0.1, 0.15) is 19.3 Å². The Morgan fingerprint density at radius 2 is 2.15 bits per heavy atom. The number of ether oxygens (including phenoxy) is 1. The summed E-state index contributed by atoms with van der Waals surface area (Å²) in [5.41, 5.74) is 3.90. The summed E-state index contributed by atoms with van der Waals surface area (Å²) >= 11 is 0. The van der Waals surface area contributed by atoms with E-state index in [1.807, 2.05) is 13.1 Å². The van der Waals surface area contributed by atoms with Crippen LogP contribution in [0.5, 0.6) is 11.6 Å². The first-order valence-electron chi connectivity index (χ1n) is 9.76. The van der Waals surface area contributed by atoms with Crippen LogP contribution in [0.15, 0.2) is 12.3 Å². The number of nitrogens with one attached hydrogen (secondary N) is 4. The van der Waals surface area contributed by atoms with E-state index in [2.05, 4.69) is 43.3 Å². The fraction of sp³-hybridized carbons (Fsp3) is 0.722. The topological polar surface area (TPSA) is 85.9 Å². The molecule has 0 aliphatic carbocycles. The second kappa shape index (κ2) is 10.0. The molecule has 2 unspecified atom stereocenters. The Kier molecular flexibility index (Phi) is 7.48. The number of likely N-dealkylation sites (tertiary alicyclic amines) is 1. The van der Waals surface area contributed by atoms with E-state index in [1.54, 1.807) is 13.3 Å². The number of pyridine rings is 1. The Morgan fingerprint density at radius 3 is 2.89 bits per heavy atom. The van der Waals surface area contributed by atoms with E-state index in [1.165, 1.54) is 25.9 Å². The molecule has 2 aliphatic rings. The van der Waals surface area contributed by atoms with Gasteiger partial charge in [0.05, 0.1) is 25.2 Å². The van der Waals surface area contributed by atoms with Crippen LogP contribution in [-0.4, -0.2) is 81.2 Å². The third kappa shape index (κ3) is 5.43. The minimum absolute atomic E-state index is 0.0161. The van der Waals surface area contributed by atoms with E-state index in [9.17, 15) is 0 Å². The molecule has 0 saturated carbocycles. The smallest absolute Gasteiger partial charge is 0.259 e. The number of hydroxylamine groups is 1. The molecule has 2 saturated heterocycles. The molecule has 152 valence electrons. The molecular weight excluding hydrogens is 346 g/mol. The van der Waals surface area contributed by atoms with Crippen LogP contribution in [0.3, 0.4) is 0 Å². The van der Waals surface area contributed by atoms with Crippen LogP contribution < -0.4 is 31.0 Å². The van der Waals surface area contributed by atoms with Crippen molar-refractivity contribution in [3.63, 3.8) is 0 Å². The fourth-order valence-corrected chi connectivity index (χ4v) is 3.62. The van der Waals surface area contributed by atoms with Crippen molar-refractivity contribution in [3.8, 4) is 11.6 Å². The summed E-state index contributed by atoms with van der Waals surface area (Å²) in [6.07, 6.45) is 5.75. The zero-order chi connectivity index (χ0) is 19.1. The van der Waals surface area contributed by atoms with Gasteiger partial charge in [-0.2, -0.15) is 5.48 Å². The first-order valence-corrected chi connectivity index (χ1v) is 9.76. The Balaban J connectivity index is 1.55. The summed E-state index contributed by atoms with van der Waals surface area (Å²) in [5.74, 6) is 1.04. The van der Waals surface area contributed by atoms with Crippen molar-refractivity contribution < 1.29 is 9.57 Å². The van der Waals surface area contributed by atoms with Crippen LogP contribution in [0.4, 0.5) is 5.69 Å². The van der Waals surface area contributed by atoms with E-state index >= 15 is 0 Å². The number of rotatable bonds is 9. The highest BCUT2D eigenvalue weighted by Crippen LogP contribution is 2.27. The lowest BCUT2D eigenvalue weighted by molar-refractivity contribution is 0.0998. The van der Waals surface area contributed by atoms with Gasteiger partial charge in [0.1, 0.15) is 6.29 Å². The van der Waals surface area contributed by atoms with Gasteiger partial charge in [-0.1, -0.05) is 0 Å². The monoisotopic (exact) mass is 379 g/mol. The Labute approximate surface area is 161 Å². The lowest BCUT2D eigenvalue weighted by Crippen LogP contribution is -2.61. The molecule has 0 aromatic carbocycles. The van der Waals surface area contributed by atoms with E-state index in [0.29, 0.717) is 17.8 Å². The molecule has 3 heterocycles. The predicted octanol–water partition coefficient (Wildman–Crippen LogP) is 0.236. The van der Waals surface area contributed by atoms with E-state index < -0.39 is 0 Å². The molecule has 9 heteroatoms. The second-order valence-corrected chi connectivity index (χ2v) is 7.04. The van der Waals surface area contributed by atoms with E-state index in [4.69, 9.17) is 9.57 Å². The fourth-order valence-electron chi connectivity index (χ4n) is 3.62. The van der Waals surface area contributed by atoms with Crippen molar-refractivity contribution in [1.82, 2.24) is 30.9 Å². The average molecular weight is 380 g/mol. The molecule has 2 atom stereocenters. The van der Waals surface area contributed by atoms with Crippen molar-refractivity contribution in [2.75, 3.05) is 59.2 Å². The largest absolute Gasteiger partial charge is 0.478 e. The maximum atomic E-state index is 5.74. The molecule has 0 spiro atoms. The SMILES string of the molecule is CNC1CCNC(Nc2cnc(OC)c(ONCCN3CCCC3)c2)N1C.